The predicted molar refractivity (Wildman–Crippen MR) is 53.7 cm³/mol. The fourth-order valence-electron chi connectivity index (χ4n) is 2.68. The van der Waals surface area contributed by atoms with Crippen molar-refractivity contribution in [2.75, 3.05) is 19.8 Å². The van der Waals surface area contributed by atoms with E-state index in [9.17, 15) is 0 Å². The zero-order chi connectivity index (χ0) is 9.53. The van der Waals surface area contributed by atoms with Gasteiger partial charge in [-0.1, -0.05) is 20.8 Å². The molecule has 2 heteroatoms. The summed E-state index contributed by atoms with van der Waals surface area (Å²) in [5, 5.41) is 3.60. The van der Waals surface area contributed by atoms with Crippen molar-refractivity contribution in [3.05, 3.63) is 0 Å². The number of ether oxygens (including phenoxy) is 1. The van der Waals surface area contributed by atoms with Gasteiger partial charge in [0.1, 0.15) is 0 Å². The van der Waals surface area contributed by atoms with Crippen LogP contribution < -0.4 is 5.32 Å². The van der Waals surface area contributed by atoms with Crippen molar-refractivity contribution in [3.63, 3.8) is 0 Å². The van der Waals surface area contributed by atoms with Crippen LogP contribution in [-0.2, 0) is 4.74 Å². The van der Waals surface area contributed by atoms with E-state index in [1.54, 1.807) is 0 Å². The molecule has 2 nitrogen and oxygen atoms in total. The highest BCUT2D eigenvalue weighted by Gasteiger charge is 2.56. The minimum atomic E-state index is 0.422. The molecule has 0 aromatic carbocycles. The van der Waals surface area contributed by atoms with E-state index in [4.69, 9.17) is 4.74 Å². The molecule has 0 aromatic rings. The highest BCUT2D eigenvalue weighted by molar-refractivity contribution is 5.09. The lowest BCUT2D eigenvalue weighted by Gasteiger charge is -2.40. The van der Waals surface area contributed by atoms with E-state index in [0.29, 0.717) is 16.9 Å². The SMILES string of the molecule is CC(C)(C)C1(C2COCCN2)CC1. The van der Waals surface area contributed by atoms with Crippen molar-refractivity contribution >= 4 is 0 Å². The van der Waals surface area contributed by atoms with E-state index in [0.717, 1.165) is 19.8 Å². The molecule has 0 bridgehead atoms. The van der Waals surface area contributed by atoms with Gasteiger partial charge in [-0.3, -0.25) is 0 Å². The summed E-state index contributed by atoms with van der Waals surface area (Å²) in [7, 11) is 0. The van der Waals surface area contributed by atoms with Gasteiger partial charge in [0, 0.05) is 12.6 Å². The molecular formula is C11H21NO. The molecule has 1 unspecified atom stereocenters. The molecule has 2 rings (SSSR count). The third-order valence-corrected chi connectivity index (χ3v) is 3.87. The van der Waals surface area contributed by atoms with Gasteiger partial charge in [-0.25, -0.2) is 0 Å². The van der Waals surface area contributed by atoms with E-state index in [1.807, 2.05) is 0 Å². The Bertz CT molecular complexity index is 185. The van der Waals surface area contributed by atoms with Gasteiger partial charge >= 0.3 is 0 Å². The Morgan fingerprint density at radius 2 is 2.00 bits per heavy atom. The minimum absolute atomic E-state index is 0.422. The van der Waals surface area contributed by atoms with E-state index in [2.05, 4.69) is 26.1 Å². The first kappa shape index (κ1) is 9.47. The first-order chi connectivity index (χ1) is 6.06. The molecule has 1 saturated carbocycles. The topological polar surface area (TPSA) is 21.3 Å². The average molecular weight is 183 g/mol. The van der Waals surface area contributed by atoms with E-state index < -0.39 is 0 Å². The van der Waals surface area contributed by atoms with Crippen molar-refractivity contribution in [2.45, 2.75) is 39.7 Å². The summed E-state index contributed by atoms with van der Waals surface area (Å²) < 4.78 is 5.54. The Morgan fingerprint density at radius 1 is 1.31 bits per heavy atom. The molecule has 1 aliphatic heterocycles. The molecule has 1 saturated heterocycles. The van der Waals surface area contributed by atoms with E-state index in [1.165, 1.54) is 12.8 Å². The number of hydrogen-bond donors (Lipinski definition) is 1. The summed E-state index contributed by atoms with van der Waals surface area (Å²) in [6.45, 7) is 9.90. The maximum absolute atomic E-state index is 5.54. The molecule has 0 radical (unpaired) electrons. The zero-order valence-corrected chi connectivity index (χ0v) is 9.02. The number of rotatable bonds is 1. The van der Waals surface area contributed by atoms with Crippen molar-refractivity contribution in [1.82, 2.24) is 5.32 Å². The largest absolute Gasteiger partial charge is 0.378 e. The lowest BCUT2D eigenvalue weighted by Crippen LogP contribution is -2.51. The standard InChI is InChI=1S/C11H21NO/c1-10(2,3)11(4-5-11)9-8-13-7-6-12-9/h9,12H,4-8H2,1-3H3. The molecular weight excluding hydrogens is 162 g/mol. The summed E-state index contributed by atoms with van der Waals surface area (Å²) in [6, 6.07) is 0.598. The average Bonchev–Trinajstić information content (AvgIpc) is 2.84. The van der Waals surface area contributed by atoms with Crippen LogP contribution in [0.3, 0.4) is 0 Å². The smallest absolute Gasteiger partial charge is 0.0625 e. The van der Waals surface area contributed by atoms with Crippen LogP contribution in [0, 0.1) is 10.8 Å². The van der Waals surface area contributed by atoms with Crippen molar-refractivity contribution in [1.29, 1.82) is 0 Å². The molecule has 0 aromatic heterocycles. The molecule has 2 fully saturated rings. The van der Waals surface area contributed by atoms with Crippen molar-refractivity contribution < 1.29 is 4.74 Å². The van der Waals surface area contributed by atoms with Crippen LogP contribution >= 0.6 is 0 Å². The Morgan fingerprint density at radius 3 is 2.38 bits per heavy atom. The van der Waals surface area contributed by atoms with Crippen LogP contribution in [-0.4, -0.2) is 25.8 Å². The maximum atomic E-state index is 5.54. The van der Waals surface area contributed by atoms with Gasteiger partial charge in [-0.15, -0.1) is 0 Å². The summed E-state index contributed by atoms with van der Waals surface area (Å²) in [6.07, 6.45) is 2.75. The monoisotopic (exact) mass is 183 g/mol. The van der Waals surface area contributed by atoms with Gasteiger partial charge in [-0.2, -0.15) is 0 Å². The normalized spacial score (nSPS) is 33.0. The van der Waals surface area contributed by atoms with Crippen LogP contribution in [0.4, 0.5) is 0 Å². The van der Waals surface area contributed by atoms with Gasteiger partial charge < -0.3 is 10.1 Å². The summed E-state index contributed by atoms with van der Waals surface area (Å²) in [5.41, 5.74) is 0.943. The second kappa shape index (κ2) is 2.96. The van der Waals surface area contributed by atoms with Gasteiger partial charge in [0.05, 0.1) is 13.2 Å². The van der Waals surface area contributed by atoms with Crippen LogP contribution in [0.15, 0.2) is 0 Å². The summed E-state index contributed by atoms with van der Waals surface area (Å²) in [5.74, 6) is 0. The van der Waals surface area contributed by atoms with Crippen LogP contribution in [0.1, 0.15) is 33.6 Å². The predicted octanol–water partition coefficient (Wildman–Crippen LogP) is 1.80. The number of hydrogen-bond acceptors (Lipinski definition) is 2. The Kier molecular flexibility index (Phi) is 2.16. The lowest BCUT2D eigenvalue weighted by atomic mass is 9.73. The molecule has 1 aliphatic carbocycles. The second-order valence-corrected chi connectivity index (χ2v) is 5.49. The van der Waals surface area contributed by atoms with Crippen LogP contribution in [0.5, 0.6) is 0 Å². The number of nitrogens with one attached hydrogen (secondary N) is 1. The maximum Gasteiger partial charge on any atom is 0.0625 e. The summed E-state index contributed by atoms with van der Waals surface area (Å²) >= 11 is 0. The van der Waals surface area contributed by atoms with E-state index in [-0.39, 0.29) is 0 Å². The first-order valence-electron chi connectivity index (χ1n) is 5.37. The fourth-order valence-corrected chi connectivity index (χ4v) is 2.68. The third kappa shape index (κ3) is 1.50. The molecule has 1 atom stereocenters. The molecule has 1 N–H and O–H groups in total. The molecule has 13 heavy (non-hydrogen) atoms. The highest BCUT2D eigenvalue weighted by Crippen LogP contribution is 2.60. The third-order valence-electron chi connectivity index (χ3n) is 3.87. The second-order valence-electron chi connectivity index (χ2n) is 5.49. The van der Waals surface area contributed by atoms with Gasteiger partial charge in [0.15, 0.2) is 0 Å². The quantitative estimate of drug-likeness (QED) is 0.669. The summed E-state index contributed by atoms with van der Waals surface area (Å²) in [4.78, 5) is 0. The lowest BCUT2D eigenvalue weighted by molar-refractivity contribution is 0.0196. The Labute approximate surface area is 81.0 Å². The highest BCUT2D eigenvalue weighted by atomic mass is 16.5. The van der Waals surface area contributed by atoms with Gasteiger partial charge in [0.2, 0.25) is 0 Å². The first-order valence-corrected chi connectivity index (χ1v) is 5.37. The Hall–Kier alpha value is -0.0800. The van der Waals surface area contributed by atoms with Crippen LogP contribution in [0.25, 0.3) is 0 Å². The Balaban J connectivity index is 2.06. The van der Waals surface area contributed by atoms with E-state index >= 15 is 0 Å². The van der Waals surface area contributed by atoms with Crippen LogP contribution in [0.2, 0.25) is 0 Å². The molecule has 0 amide bonds. The molecule has 0 spiro atoms. The molecule has 76 valence electrons. The van der Waals surface area contributed by atoms with Crippen molar-refractivity contribution in [3.8, 4) is 0 Å². The molecule has 2 aliphatic rings. The van der Waals surface area contributed by atoms with Gasteiger partial charge in [0.25, 0.3) is 0 Å². The molecule has 1 heterocycles. The van der Waals surface area contributed by atoms with Gasteiger partial charge in [-0.05, 0) is 23.7 Å². The number of morpholine rings is 1. The minimum Gasteiger partial charge on any atom is -0.378 e. The van der Waals surface area contributed by atoms with Crippen molar-refractivity contribution in [2.24, 2.45) is 10.8 Å². The fraction of sp³-hybridized carbons (Fsp3) is 1.00. The zero-order valence-electron chi connectivity index (χ0n) is 9.02.